The molecule has 0 bridgehead atoms. The molecule has 1 N–H and O–H groups in total. The Balaban J connectivity index is 1.31. The number of hydrogen-bond acceptors (Lipinski definition) is 3. The zero-order valence-corrected chi connectivity index (χ0v) is 22.6. The molecule has 0 aromatic heterocycles. The molecule has 1 saturated heterocycles. The van der Waals surface area contributed by atoms with Crippen LogP contribution in [0.4, 0.5) is 4.79 Å². The van der Waals surface area contributed by atoms with E-state index in [0.717, 1.165) is 31.2 Å². The molecule has 5 nitrogen and oxygen atoms in total. The normalized spacial score (nSPS) is 14.5. The molecule has 0 spiro atoms. The molecule has 0 unspecified atom stereocenters. The third kappa shape index (κ3) is 5.22. The number of imide groups is 1. The second kappa shape index (κ2) is 10.3. The Morgan fingerprint density at radius 2 is 1.61 bits per heavy atom. The number of rotatable bonds is 6. The molecule has 36 heavy (non-hydrogen) atoms. The first-order valence-corrected chi connectivity index (χ1v) is 13.0. The van der Waals surface area contributed by atoms with Crippen molar-refractivity contribution in [1.82, 2.24) is 10.2 Å². The zero-order valence-electron chi connectivity index (χ0n) is 19.4. The van der Waals surface area contributed by atoms with Crippen molar-refractivity contribution in [2.24, 2.45) is 0 Å². The molecule has 1 heterocycles. The molecule has 180 valence electrons. The van der Waals surface area contributed by atoms with E-state index in [2.05, 4.69) is 67.5 Å². The van der Waals surface area contributed by atoms with Crippen LogP contribution in [-0.2, 0) is 17.9 Å². The summed E-state index contributed by atoms with van der Waals surface area (Å²) >= 11 is 7.17. The molecule has 0 radical (unpaired) electrons. The fourth-order valence-electron chi connectivity index (χ4n) is 4.16. The van der Waals surface area contributed by atoms with Crippen LogP contribution in [0.3, 0.4) is 0 Å². The van der Waals surface area contributed by atoms with Crippen molar-refractivity contribution in [3.05, 3.63) is 116 Å². The first-order chi connectivity index (χ1) is 17.4. The van der Waals surface area contributed by atoms with E-state index in [1.807, 2.05) is 55.5 Å². The van der Waals surface area contributed by atoms with Crippen LogP contribution in [0.15, 0.2) is 93.5 Å². The van der Waals surface area contributed by atoms with E-state index in [1.165, 1.54) is 15.7 Å². The lowest BCUT2D eigenvalue weighted by molar-refractivity contribution is -0.123. The van der Waals surface area contributed by atoms with E-state index in [4.69, 9.17) is 4.74 Å². The van der Waals surface area contributed by atoms with Gasteiger partial charge in [0.25, 0.3) is 5.91 Å². The van der Waals surface area contributed by atoms with Gasteiger partial charge in [-0.05, 0) is 90.5 Å². The lowest BCUT2D eigenvalue weighted by Crippen LogP contribution is -2.30. The second-order valence-corrected chi connectivity index (χ2v) is 10.4. The monoisotopic (exact) mass is 604 g/mol. The quantitative estimate of drug-likeness (QED) is 0.185. The molecule has 1 aliphatic rings. The average molecular weight is 606 g/mol. The number of carbonyl (C=O) groups excluding carboxylic acids is 2. The number of amides is 3. The summed E-state index contributed by atoms with van der Waals surface area (Å²) in [6, 6.07) is 25.5. The van der Waals surface area contributed by atoms with Gasteiger partial charge in [-0.25, -0.2) is 4.79 Å². The summed E-state index contributed by atoms with van der Waals surface area (Å²) in [5.41, 5.74) is 4.02. The Labute approximate surface area is 226 Å². The highest BCUT2D eigenvalue weighted by Crippen LogP contribution is 2.36. The number of ether oxygens (including phenoxy) is 1. The van der Waals surface area contributed by atoms with Gasteiger partial charge < -0.3 is 10.1 Å². The Morgan fingerprint density at radius 3 is 2.36 bits per heavy atom. The summed E-state index contributed by atoms with van der Waals surface area (Å²) in [6.07, 6.45) is 1.67. The number of aryl methyl sites for hydroxylation is 1. The van der Waals surface area contributed by atoms with Gasteiger partial charge >= 0.3 is 6.03 Å². The fourth-order valence-corrected chi connectivity index (χ4v) is 5.61. The van der Waals surface area contributed by atoms with E-state index in [9.17, 15) is 9.59 Å². The van der Waals surface area contributed by atoms with Crippen molar-refractivity contribution in [2.75, 3.05) is 0 Å². The number of carbonyl (C=O) groups is 2. The summed E-state index contributed by atoms with van der Waals surface area (Å²) in [6.45, 7) is 2.61. The summed E-state index contributed by atoms with van der Waals surface area (Å²) in [4.78, 5) is 26.6. The Bertz CT molecular complexity index is 1510. The van der Waals surface area contributed by atoms with Crippen LogP contribution >= 0.6 is 31.9 Å². The molecule has 5 rings (SSSR count). The first kappa shape index (κ1) is 24.3. The molecule has 4 aromatic carbocycles. The maximum Gasteiger partial charge on any atom is 0.329 e. The molecule has 1 aliphatic heterocycles. The van der Waals surface area contributed by atoms with Crippen molar-refractivity contribution in [3.8, 4) is 5.75 Å². The highest BCUT2D eigenvalue weighted by molar-refractivity contribution is 9.11. The van der Waals surface area contributed by atoms with Crippen molar-refractivity contribution in [3.63, 3.8) is 0 Å². The number of halogens is 2. The molecule has 0 aliphatic carbocycles. The van der Waals surface area contributed by atoms with E-state index in [1.54, 1.807) is 6.08 Å². The fraction of sp³-hybridized carbons (Fsp3) is 0.103. The molecule has 0 atom stereocenters. The highest BCUT2D eigenvalue weighted by Gasteiger charge is 2.33. The summed E-state index contributed by atoms with van der Waals surface area (Å²) in [5, 5.41) is 5.04. The Hall–Kier alpha value is -3.42. The summed E-state index contributed by atoms with van der Waals surface area (Å²) < 4.78 is 7.57. The van der Waals surface area contributed by atoms with Gasteiger partial charge in [0, 0.05) is 0 Å². The molecule has 7 heteroatoms. The zero-order chi connectivity index (χ0) is 25.2. The first-order valence-electron chi connectivity index (χ1n) is 11.4. The topological polar surface area (TPSA) is 58.6 Å². The Kier molecular flexibility index (Phi) is 6.94. The highest BCUT2D eigenvalue weighted by atomic mass is 79.9. The van der Waals surface area contributed by atoms with E-state index < -0.39 is 6.03 Å². The molecule has 3 amide bonds. The van der Waals surface area contributed by atoms with Gasteiger partial charge in [0.15, 0.2) is 0 Å². The van der Waals surface area contributed by atoms with E-state index in [0.29, 0.717) is 12.4 Å². The lowest BCUT2D eigenvalue weighted by atomic mass is 10.1. The summed E-state index contributed by atoms with van der Waals surface area (Å²) in [5.74, 6) is 0.304. The lowest BCUT2D eigenvalue weighted by Gasteiger charge is -2.13. The van der Waals surface area contributed by atoms with Crippen LogP contribution in [0.25, 0.3) is 16.8 Å². The third-order valence-corrected chi connectivity index (χ3v) is 7.09. The van der Waals surface area contributed by atoms with E-state index >= 15 is 0 Å². The van der Waals surface area contributed by atoms with Crippen molar-refractivity contribution in [2.45, 2.75) is 20.1 Å². The maximum atomic E-state index is 12.9. The van der Waals surface area contributed by atoms with Gasteiger partial charge in [-0.1, -0.05) is 66.2 Å². The standard InChI is InChI=1S/C29H22Br2N2O3/c1-18-5-4-6-19(11-18)16-33-28(34)26(32-29(33)35)15-21-13-24(30)27(25(31)14-21)36-17-20-9-10-22-7-2-3-8-23(22)12-20/h2-15H,16-17H2,1H3,(H,32,35)/b26-15+. The molecule has 0 saturated carbocycles. The number of benzene rings is 4. The van der Waals surface area contributed by atoms with Crippen LogP contribution in [0.2, 0.25) is 0 Å². The summed E-state index contributed by atoms with van der Waals surface area (Å²) in [7, 11) is 0. The number of nitrogens with zero attached hydrogens (tertiary/aromatic N) is 1. The van der Waals surface area contributed by atoms with Gasteiger partial charge in [-0.3, -0.25) is 9.69 Å². The molecular formula is C29H22Br2N2O3. The van der Waals surface area contributed by atoms with Gasteiger partial charge in [0.05, 0.1) is 15.5 Å². The van der Waals surface area contributed by atoms with Crippen LogP contribution in [0, 0.1) is 6.92 Å². The van der Waals surface area contributed by atoms with Gasteiger partial charge in [0.1, 0.15) is 18.1 Å². The minimum absolute atomic E-state index is 0.221. The van der Waals surface area contributed by atoms with Crippen LogP contribution in [-0.4, -0.2) is 16.8 Å². The van der Waals surface area contributed by atoms with Gasteiger partial charge in [0.2, 0.25) is 0 Å². The van der Waals surface area contributed by atoms with Crippen molar-refractivity contribution in [1.29, 1.82) is 0 Å². The van der Waals surface area contributed by atoms with Crippen LogP contribution < -0.4 is 10.1 Å². The SMILES string of the molecule is Cc1cccc(CN2C(=O)N/C(=C/c3cc(Br)c(OCc4ccc5ccccc5c4)c(Br)c3)C2=O)c1. The van der Waals surface area contributed by atoms with E-state index in [-0.39, 0.29) is 18.1 Å². The van der Waals surface area contributed by atoms with Crippen LogP contribution in [0.1, 0.15) is 22.3 Å². The predicted molar refractivity (Wildman–Crippen MR) is 148 cm³/mol. The largest absolute Gasteiger partial charge is 0.487 e. The molecule has 1 fully saturated rings. The molecular weight excluding hydrogens is 584 g/mol. The Morgan fingerprint density at radius 1 is 0.861 bits per heavy atom. The third-order valence-electron chi connectivity index (χ3n) is 5.91. The van der Waals surface area contributed by atoms with Crippen molar-refractivity contribution < 1.29 is 14.3 Å². The molecule has 4 aromatic rings. The number of nitrogens with one attached hydrogen (secondary N) is 1. The number of fused-ring (bicyclic) bond motifs is 1. The number of hydrogen-bond donors (Lipinski definition) is 1. The van der Waals surface area contributed by atoms with Crippen LogP contribution in [0.5, 0.6) is 5.75 Å². The minimum atomic E-state index is -0.429. The maximum absolute atomic E-state index is 12.9. The van der Waals surface area contributed by atoms with Gasteiger partial charge in [-0.2, -0.15) is 0 Å². The average Bonchev–Trinajstić information content (AvgIpc) is 3.10. The van der Waals surface area contributed by atoms with Crippen molar-refractivity contribution >= 4 is 60.6 Å². The predicted octanol–water partition coefficient (Wildman–Crippen LogP) is 7.35. The van der Waals surface area contributed by atoms with Gasteiger partial charge in [-0.15, -0.1) is 0 Å². The number of urea groups is 1. The smallest absolute Gasteiger partial charge is 0.329 e. The second-order valence-electron chi connectivity index (χ2n) is 8.65. The minimum Gasteiger partial charge on any atom is -0.487 e.